The molecule has 0 atom stereocenters. The Labute approximate surface area is 159 Å². The van der Waals surface area contributed by atoms with Gasteiger partial charge in [-0.1, -0.05) is 55.8 Å². The molecule has 0 aliphatic heterocycles. The summed E-state index contributed by atoms with van der Waals surface area (Å²) in [5.74, 6) is -1.79. The van der Waals surface area contributed by atoms with Crippen molar-refractivity contribution >= 4 is 23.4 Å². The lowest BCUT2D eigenvalue weighted by atomic mass is 10.1. The quantitative estimate of drug-likeness (QED) is 0.495. The monoisotopic (exact) mass is 367 g/mol. The average molecular weight is 367 g/mol. The van der Waals surface area contributed by atoms with E-state index in [9.17, 15) is 14.4 Å². The molecule has 27 heavy (non-hydrogen) atoms. The van der Waals surface area contributed by atoms with Gasteiger partial charge < -0.3 is 16.0 Å². The van der Waals surface area contributed by atoms with Crippen LogP contribution in [0.1, 0.15) is 35.7 Å². The van der Waals surface area contributed by atoms with Crippen LogP contribution in [0.2, 0.25) is 0 Å². The summed E-state index contributed by atoms with van der Waals surface area (Å²) in [5, 5.41) is 7.91. The van der Waals surface area contributed by atoms with Crippen LogP contribution in [-0.4, -0.2) is 30.8 Å². The largest absolute Gasteiger partial charge is 0.352 e. The second-order valence-electron chi connectivity index (χ2n) is 6.10. The number of anilines is 1. The summed E-state index contributed by atoms with van der Waals surface area (Å²) in [7, 11) is 0. The first-order chi connectivity index (χ1) is 13.1. The highest BCUT2D eigenvalue weighted by Crippen LogP contribution is 2.15. The lowest BCUT2D eigenvalue weighted by molar-refractivity contribution is -0.136. The molecular weight excluding hydrogens is 342 g/mol. The Morgan fingerprint density at radius 1 is 0.815 bits per heavy atom. The summed E-state index contributed by atoms with van der Waals surface area (Å²) in [6, 6.07) is 16.5. The predicted octanol–water partition coefficient (Wildman–Crippen LogP) is 2.51. The molecule has 0 fully saturated rings. The third kappa shape index (κ3) is 6.58. The van der Waals surface area contributed by atoms with E-state index in [1.165, 1.54) is 0 Å². The number of amides is 3. The molecule has 6 heteroatoms. The van der Waals surface area contributed by atoms with E-state index in [0.717, 1.165) is 18.4 Å². The Bertz CT molecular complexity index is 775. The summed E-state index contributed by atoms with van der Waals surface area (Å²) >= 11 is 0. The molecule has 6 nitrogen and oxygen atoms in total. The average Bonchev–Trinajstić information content (AvgIpc) is 2.69. The minimum Gasteiger partial charge on any atom is -0.352 e. The normalized spacial score (nSPS) is 10.1. The second-order valence-corrected chi connectivity index (χ2v) is 6.10. The van der Waals surface area contributed by atoms with Gasteiger partial charge in [-0.2, -0.15) is 0 Å². The number of rotatable bonds is 8. The van der Waals surface area contributed by atoms with Crippen molar-refractivity contribution in [2.45, 2.75) is 26.2 Å². The van der Waals surface area contributed by atoms with Crippen molar-refractivity contribution in [2.24, 2.45) is 0 Å². The molecule has 3 amide bonds. The van der Waals surface area contributed by atoms with Gasteiger partial charge in [0.1, 0.15) is 0 Å². The molecule has 0 saturated carbocycles. The topological polar surface area (TPSA) is 87.3 Å². The first kappa shape index (κ1) is 20.2. The Kier molecular flexibility index (Phi) is 8.03. The zero-order valence-electron chi connectivity index (χ0n) is 15.5. The van der Waals surface area contributed by atoms with Gasteiger partial charge in [0, 0.05) is 13.1 Å². The van der Waals surface area contributed by atoms with E-state index in [2.05, 4.69) is 16.0 Å². The number of unbranched alkanes of at least 4 members (excludes halogenated alkanes) is 1. The van der Waals surface area contributed by atoms with Gasteiger partial charge in [0.25, 0.3) is 5.91 Å². The van der Waals surface area contributed by atoms with E-state index in [4.69, 9.17) is 0 Å². The van der Waals surface area contributed by atoms with E-state index in [1.807, 2.05) is 37.3 Å². The van der Waals surface area contributed by atoms with E-state index in [1.54, 1.807) is 24.3 Å². The van der Waals surface area contributed by atoms with Crippen LogP contribution >= 0.6 is 0 Å². The van der Waals surface area contributed by atoms with Crippen LogP contribution in [0.4, 0.5) is 5.69 Å². The predicted molar refractivity (Wildman–Crippen MR) is 105 cm³/mol. The molecule has 0 aromatic heterocycles. The molecule has 2 aromatic rings. The fraction of sp³-hybridized carbons (Fsp3) is 0.286. The lowest BCUT2D eigenvalue weighted by Crippen LogP contribution is -2.36. The van der Waals surface area contributed by atoms with Crippen LogP contribution in [-0.2, 0) is 16.0 Å². The Balaban J connectivity index is 1.92. The Morgan fingerprint density at radius 2 is 1.52 bits per heavy atom. The van der Waals surface area contributed by atoms with Crippen LogP contribution in [0, 0.1) is 0 Å². The summed E-state index contributed by atoms with van der Waals surface area (Å²) in [5.41, 5.74) is 1.76. The van der Waals surface area contributed by atoms with Crippen molar-refractivity contribution in [3.8, 4) is 0 Å². The molecule has 0 aliphatic rings. The highest BCUT2D eigenvalue weighted by molar-refractivity contribution is 6.40. The van der Waals surface area contributed by atoms with Crippen LogP contribution in [0.5, 0.6) is 0 Å². The van der Waals surface area contributed by atoms with Crippen LogP contribution in [0.25, 0.3) is 0 Å². The molecule has 0 unspecified atom stereocenters. The van der Waals surface area contributed by atoms with E-state index in [-0.39, 0.29) is 5.91 Å². The van der Waals surface area contributed by atoms with Crippen molar-refractivity contribution in [2.75, 3.05) is 18.4 Å². The smallest absolute Gasteiger partial charge is 0.313 e. The number of hydrogen-bond donors (Lipinski definition) is 3. The summed E-state index contributed by atoms with van der Waals surface area (Å²) in [4.78, 5) is 36.3. The molecule has 0 radical (unpaired) electrons. The maximum Gasteiger partial charge on any atom is 0.313 e. The molecule has 142 valence electrons. The summed E-state index contributed by atoms with van der Waals surface area (Å²) in [6.07, 6.45) is 2.44. The fourth-order valence-electron chi connectivity index (χ4n) is 2.49. The van der Waals surface area contributed by atoms with Gasteiger partial charge in [0.05, 0.1) is 11.3 Å². The number of carbonyl (C=O) groups excluding carboxylic acids is 3. The summed E-state index contributed by atoms with van der Waals surface area (Å²) in [6.45, 7) is 2.92. The van der Waals surface area contributed by atoms with Crippen molar-refractivity contribution in [1.29, 1.82) is 0 Å². The lowest BCUT2D eigenvalue weighted by Gasteiger charge is -2.11. The molecule has 0 saturated heterocycles. The zero-order valence-corrected chi connectivity index (χ0v) is 15.5. The second kappa shape index (κ2) is 10.8. The van der Waals surface area contributed by atoms with Crippen LogP contribution < -0.4 is 16.0 Å². The van der Waals surface area contributed by atoms with Gasteiger partial charge in [-0.25, -0.2) is 0 Å². The molecule has 2 aromatic carbocycles. The zero-order chi connectivity index (χ0) is 19.5. The van der Waals surface area contributed by atoms with Crippen molar-refractivity contribution in [3.63, 3.8) is 0 Å². The molecule has 3 N–H and O–H groups in total. The number of nitrogens with one attached hydrogen (secondary N) is 3. The number of para-hydroxylation sites is 1. The van der Waals surface area contributed by atoms with Gasteiger partial charge >= 0.3 is 11.8 Å². The molecular formula is C21H25N3O3. The third-order valence-electron chi connectivity index (χ3n) is 3.98. The third-order valence-corrected chi connectivity index (χ3v) is 3.98. The fourth-order valence-corrected chi connectivity index (χ4v) is 2.49. The summed E-state index contributed by atoms with van der Waals surface area (Å²) < 4.78 is 0. The first-order valence-electron chi connectivity index (χ1n) is 9.12. The van der Waals surface area contributed by atoms with Gasteiger partial charge in [-0.15, -0.1) is 0 Å². The molecule has 0 spiro atoms. The number of carbonyl (C=O) groups is 3. The SMILES string of the molecule is CCCCNC(=O)C(=O)Nc1ccccc1C(=O)NCCc1ccccc1. The first-order valence-corrected chi connectivity index (χ1v) is 9.12. The molecule has 2 rings (SSSR count). The number of benzene rings is 2. The van der Waals surface area contributed by atoms with Gasteiger partial charge in [-0.05, 0) is 30.5 Å². The van der Waals surface area contributed by atoms with Crippen molar-refractivity contribution in [3.05, 3.63) is 65.7 Å². The van der Waals surface area contributed by atoms with E-state index < -0.39 is 11.8 Å². The standard InChI is InChI=1S/C21H25N3O3/c1-2-3-14-22-20(26)21(27)24-18-12-8-7-11-17(18)19(25)23-15-13-16-9-5-4-6-10-16/h4-12H,2-3,13-15H2,1H3,(H,22,26)(H,23,25)(H,24,27). The minimum absolute atomic E-state index is 0.298. The molecule has 0 aliphatic carbocycles. The number of hydrogen-bond acceptors (Lipinski definition) is 3. The van der Waals surface area contributed by atoms with E-state index >= 15 is 0 Å². The van der Waals surface area contributed by atoms with Crippen molar-refractivity contribution < 1.29 is 14.4 Å². The Morgan fingerprint density at radius 3 is 2.26 bits per heavy atom. The van der Waals surface area contributed by atoms with Crippen LogP contribution in [0.15, 0.2) is 54.6 Å². The molecule has 0 bridgehead atoms. The highest BCUT2D eigenvalue weighted by atomic mass is 16.2. The highest BCUT2D eigenvalue weighted by Gasteiger charge is 2.17. The Hall–Kier alpha value is -3.15. The molecule has 0 heterocycles. The van der Waals surface area contributed by atoms with Crippen molar-refractivity contribution in [1.82, 2.24) is 10.6 Å². The minimum atomic E-state index is -0.782. The van der Waals surface area contributed by atoms with E-state index in [0.29, 0.717) is 30.8 Å². The maximum absolute atomic E-state index is 12.5. The van der Waals surface area contributed by atoms with Gasteiger partial charge in [0.2, 0.25) is 0 Å². The maximum atomic E-state index is 12.5. The van der Waals surface area contributed by atoms with Gasteiger partial charge in [0.15, 0.2) is 0 Å². The van der Waals surface area contributed by atoms with Gasteiger partial charge in [-0.3, -0.25) is 14.4 Å². The van der Waals surface area contributed by atoms with Crippen LogP contribution in [0.3, 0.4) is 0 Å².